The van der Waals surface area contributed by atoms with E-state index in [-0.39, 0.29) is 0 Å². The topological polar surface area (TPSA) is 0 Å². The third-order valence-electron chi connectivity index (χ3n) is 1.07. The Balaban J connectivity index is 4.32. The van der Waals surface area contributed by atoms with Crippen molar-refractivity contribution in [1.29, 1.82) is 0 Å². The van der Waals surface area contributed by atoms with E-state index in [4.69, 9.17) is 6.42 Å². The lowest BCUT2D eigenvalue weighted by Gasteiger charge is -1.56. The number of terminal acetylenes is 1. The molecule has 80 valence electrons. The SMILES string of the molecule is C#CC#CC#CC#CC#CC#CC#CC#CC#CC. The van der Waals surface area contributed by atoms with Crippen LogP contribution in [0.2, 0.25) is 0 Å². The van der Waals surface area contributed by atoms with E-state index in [1.165, 1.54) is 0 Å². The predicted octanol–water partition coefficient (Wildman–Crippen LogP) is 0.667. The van der Waals surface area contributed by atoms with E-state index in [2.05, 4.69) is 101 Å². The largest absolute Gasteiger partial charge is 0.106 e. The maximum Gasteiger partial charge on any atom is -0.0000000000000000214 e. The molecule has 0 bridgehead atoms. The third-order valence-corrected chi connectivity index (χ3v) is 1.07. The molecule has 0 amide bonds. The van der Waals surface area contributed by atoms with Crippen molar-refractivity contribution in [2.24, 2.45) is 0 Å². The van der Waals surface area contributed by atoms with Crippen LogP contribution in [0.3, 0.4) is 0 Å². The highest BCUT2D eigenvalue weighted by molar-refractivity contribution is 5.46. The highest BCUT2D eigenvalue weighted by atomic mass is 13.6. The van der Waals surface area contributed by atoms with Gasteiger partial charge in [0.15, 0.2) is 0 Å². The molecule has 0 N–H and O–H groups in total. The molecule has 0 heterocycles. The van der Waals surface area contributed by atoms with Gasteiger partial charge in [0.2, 0.25) is 0 Å². The van der Waals surface area contributed by atoms with Crippen LogP contribution in [0.25, 0.3) is 0 Å². The van der Waals surface area contributed by atoms with Crippen molar-refractivity contribution in [1.82, 2.24) is 0 Å². The second-order valence-electron chi connectivity index (χ2n) is 2.27. The zero-order chi connectivity index (χ0) is 14.0. The van der Waals surface area contributed by atoms with Gasteiger partial charge in [0.1, 0.15) is 0 Å². The quantitative estimate of drug-likeness (QED) is 0.538. The minimum absolute atomic E-state index is 1.70. The zero-order valence-corrected chi connectivity index (χ0v) is 10.1. The summed E-state index contributed by atoms with van der Waals surface area (Å²) < 4.78 is 0. The fourth-order valence-electron chi connectivity index (χ4n) is 0.505. The molecule has 0 nitrogen and oxygen atoms in total. The number of rotatable bonds is 0. The molecule has 0 radical (unpaired) electrons. The van der Waals surface area contributed by atoms with Crippen molar-refractivity contribution >= 4 is 0 Å². The summed E-state index contributed by atoms with van der Waals surface area (Å²) in [5.41, 5.74) is 0. The van der Waals surface area contributed by atoms with Gasteiger partial charge in [0, 0.05) is 0 Å². The first-order valence-corrected chi connectivity index (χ1v) is 4.79. The summed E-state index contributed by atoms with van der Waals surface area (Å²) in [7, 11) is 0. The Morgan fingerprint density at radius 1 is 0.421 bits per heavy atom. The summed E-state index contributed by atoms with van der Waals surface area (Å²) in [4.78, 5) is 0. The Hall–Kier alpha value is -3.96. The molecular formula is C19H4. The van der Waals surface area contributed by atoms with Gasteiger partial charge in [-0.05, 0) is 102 Å². The van der Waals surface area contributed by atoms with E-state index in [1.54, 1.807) is 6.92 Å². The van der Waals surface area contributed by atoms with Crippen molar-refractivity contribution in [3.05, 3.63) is 0 Å². The van der Waals surface area contributed by atoms with Crippen LogP contribution in [-0.4, -0.2) is 0 Å². The van der Waals surface area contributed by atoms with Gasteiger partial charge in [-0.1, -0.05) is 5.92 Å². The summed E-state index contributed by atoms with van der Waals surface area (Å²) in [5.74, 6) is 41.9. The van der Waals surface area contributed by atoms with Gasteiger partial charge in [-0.25, -0.2) is 0 Å². The van der Waals surface area contributed by atoms with Gasteiger partial charge in [0.25, 0.3) is 0 Å². The lowest BCUT2D eigenvalue weighted by Crippen LogP contribution is -1.56. The molecule has 0 unspecified atom stereocenters. The molecule has 0 fully saturated rings. The Kier molecular flexibility index (Phi) is 11.1. The monoisotopic (exact) mass is 232 g/mol. The van der Waals surface area contributed by atoms with E-state index in [0.717, 1.165) is 0 Å². The third kappa shape index (κ3) is 14.0. The van der Waals surface area contributed by atoms with E-state index >= 15 is 0 Å². The molecule has 0 aromatic rings. The molecule has 0 aliphatic carbocycles. The minimum atomic E-state index is 1.70. The van der Waals surface area contributed by atoms with Gasteiger partial charge < -0.3 is 0 Å². The van der Waals surface area contributed by atoms with Gasteiger partial charge in [-0.3, -0.25) is 0 Å². The number of hydrogen-bond acceptors (Lipinski definition) is 0. The minimum Gasteiger partial charge on any atom is -0.106 e. The highest BCUT2D eigenvalue weighted by Gasteiger charge is 1.57. The first-order chi connectivity index (χ1) is 9.41. The Bertz CT molecular complexity index is 857. The highest BCUT2D eigenvalue weighted by Crippen LogP contribution is 1.58. The van der Waals surface area contributed by atoms with Crippen LogP contribution in [0.5, 0.6) is 0 Å². The van der Waals surface area contributed by atoms with Crippen LogP contribution in [0.4, 0.5) is 0 Å². The predicted molar refractivity (Wildman–Crippen MR) is 76.7 cm³/mol. The van der Waals surface area contributed by atoms with Crippen LogP contribution < -0.4 is 0 Å². The molecule has 0 saturated heterocycles. The van der Waals surface area contributed by atoms with Gasteiger partial charge in [-0.2, -0.15) is 0 Å². The normalized spacial score (nSPS) is 3.79. The fraction of sp³-hybridized carbons (Fsp3) is 0.0526. The second-order valence-corrected chi connectivity index (χ2v) is 2.27. The summed E-state index contributed by atoms with van der Waals surface area (Å²) in [5, 5.41) is 0. The van der Waals surface area contributed by atoms with Crippen LogP contribution in [0.1, 0.15) is 6.92 Å². The molecule has 0 aromatic heterocycles. The average molecular weight is 232 g/mol. The van der Waals surface area contributed by atoms with Gasteiger partial charge in [-0.15, -0.1) is 6.42 Å². The van der Waals surface area contributed by atoms with Crippen molar-refractivity contribution in [3.63, 3.8) is 0 Å². The molecule has 0 heteroatoms. The zero-order valence-electron chi connectivity index (χ0n) is 10.1. The van der Waals surface area contributed by atoms with Crippen molar-refractivity contribution in [2.75, 3.05) is 0 Å². The van der Waals surface area contributed by atoms with Crippen LogP contribution in [0, 0.1) is 107 Å². The number of hydrogen-bond donors (Lipinski definition) is 0. The molecule has 0 rings (SSSR count). The lowest BCUT2D eigenvalue weighted by molar-refractivity contribution is 1.92. The van der Waals surface area contributed by atoms with E-state index < -0.39 is 0 Å². The molecule has 19 heavy (non-hydrogen) atoms. The molecule has 0 atom stereocenters. The summed E-state index contributed by atoms with van der Waals surface area (Å²) in [6.07, 6.45) is 4.89. The Labute approximate surface area is 114 Å². The smallest absolute Gasteiger partial charge is 0.0000000000000000214 e. The van der Waals surface area contributed by atoms with E-state index in [1.807, 2.05) is 0 Å². The molecule has 0 aromatic carbocycles. The first kappa shape index (κ1) is 15.0. The van der Waals surface area contributed by atoms with E-state index in [9.17, 15) is 0 Å². The summed E-state index contributed by atoms with van der Waals surface area (Å²) in [6.45, 7) is 1.70. The molecule has 0 aliphatic heterocycles. The molecular weight excluding hydrogens is 228 g/mol. The molecule has 0 aliphatic rings. The van der Waals surface area contributed by atoms with Crippen molar-refractivity contribution < 1.29 is 0 Å². The molecule has 0 spiro atoms. The summed E-state index contributed by atoms with van der Waals surface area (Å²) >= 11 is 0. The average Bonchev–Trinajstić information content (AvgIpc) is 2.43. The lowest BCUT2D eigenvalue weighted by atomic mass is 10.5. The van der Waals surface area contributed by atoms with Crippen LogP contribution >= 0.6 is 0 Å². The van der Waals surface area contributed by atoms with Crippen LogP contribution in [-0.2, 0) is 0 Å². The van der Waals surface area contributed by atoms with Crippen LogP contribution in [0.15, 0.2) is 0 Å². The maximum absolute atomic E-state index is 4.89. The van der Waals surface area contributed by atoms with Crippen molar-refractivity contribution in [2.45, 2.75) is 6.92 Å². The van der Waals surface area contributed by atoms with Gasteiger partial charge >= 0.3 is 0 Å². The fourth-order valence-corrected chi connectivity index (χ4v) is 0.505. The first-order valence-electron chi connectivity index (χ1n) is 4.79. The van der Waals surface area contributed by atoms with Gasteiger partial charge in [0.05, 0.1) is 0 Å². The standard InChI is InChI=1S/C19H4/c1-3-5-7-9-11-13-15-17-19-18-16-14-12-10-8-6-4-2/h1H,2H3. The Morgan fingerprint density at radius 2 is 0.684 bits per heavy atom. The van der Waals surface area contributed by atoms with Crippen molar-refractivity contribution in [3.8, 4) is 107 Å². The maximum atomic E-state index is 4.89. The van der Waals surface area contributed by atoms with E-state index in [0.29, 0.717) is 0 Å². The molecule has 0 saturated carbocycles. The second kappa shape index (κ2) is 14.0. The summed E-state index contributed by atoms with van der Waals surface area (Å²) in [6, 6.07) is 0. The Morgan fingerprint density at radius 3 is 0.947 bits per heavy atom.